The molecule has 5 heteroatoms. The Labute approximate surface area is 110 Å². The first-order chi connectivity index (χ1) is 7.17. The van der Waals surface area contributed by atoms with E-state index in [9.17, 15) is 4.79 Å². The molecule has 0 saturated carbocycles. The maximum Gasteiger partial charge on any atom is 2.00 e. The third-order valence-electron chi connectivity index (χ3n) is 2.19. The van der Waals surface area contributed by atoms with Gasteiger partial charge in [0.2, 0.25) is 0 Å². The monoisotopic (exact) mass is 391 g/mol. The molecule has 0 fully saturated rings. The van der Waals surface area contributed by atoms with Crippen LogP contribution in [0.5, 0.6) is 0 Å². The molecule has 0 aliphatic heterocycles. The standard InChI is InChI=1S/C11H15N2O2.W/c1-13-10(11(14)15-2)7-8-3-5-9(12)6-4-8;/h3-6,10H,7,12H2,1-2H3;/q-1;+2. The largest absolute Gasteiger partial charge is 2.00 e. The van der Waals surface area contributed by atoms with Crippen LogP contribution in [-0.4, -0.2) is 26.2 Å². The molecule has 0 aromatic heterocycles. The van der Waals surface area contributed by atoms with Crippen LogP contribution >= 0.6 is 0 Å². The summed E-state index contributed by atoms with van der Waals surface area (Å²) < 4.78 is 4.64. The first-order valence-corrected chi connectivity index (χ1v) is 4.68. The van der Waals surface area contributed by atoms with Gasteiger partial charge in [-0.15, -0.1) is 0 Å². The Balaban J connectivity index is 0.00000225. The van der Waals surface area contributed by atoms with Gasteiger partial charge in [-0.1, -0.05) is 12.1 Å². The molecule has 16 heavy (non-hydrogen) atoms. The number of carbonyl (C=O) groups excluding carboxylic acids is 1. The van der Waals surface area contributed by atoms with Crippen molar-refractivity contribution in [3.8, 4) is 0 Å². The van der Waals surface area contributed by atoms with Crippen molar-refractivity contribution in [1.82, 2.24) is 0 Å². The Hall–Kier alpha value is -0.862. The fourth-order valence-corrected chi connectivity index (χ4v) is 1.29. The molecule has 0 amide bonds. The van der Waals surface area contributed by atoms with E-state index in [1.165, 1.54) is 7.11 Å². The first kappa shape index (κ1) is 15.1. The Morgan fingerprint density at radius 1 is 1.44 bits per heavy atom. The summed E-state index contributed by atoms with van der Waals surface area (Å²) in [6.07, 6.45) is 0.545. The molecule has 1 rings (SSSR count). The molecule has 2 N–H and O–H groups in total. The molecule has 4 nitrogen and oxygen atoms in total. The fraction of sp³-hybridized carbons (Fsp3) is 0.364. The van der Waals surface area contributed by atoms with Gasteiger partial charge in [-0.2, -0.15) is 7.05 Å². The van der Waals surface area contributed by atoms with E-state index in [2.05, 4.69) is 10.1 Å². The molecule has 0 saturated heterocycles. The maximum absolute atomic E-state index is 11.3. The van der Waals surface area contributed by atoms with Crippen LogP contribution in [0, 0.1) is 0 Å². The number of ether oxygens (including phenoxy) is 1. The van der Waals surface area contributed by atoms with E-state index in [1.807, 2.05) is 12.1 Å². The van der Waals surface area contributed by atoms with E-state index in [0.717, 1.165) is 5.56 Å². The minimum atomic E-state index is -0.432. The van der Waals surface area contributed by atoms with Crippen molar-refractivity contribution in [2.75, 3.05) is 19.9 Å². The number of nitrogen functional groups attached to an aromatic ring is 1. The summed E-state index contributed by atoms with van der Waals surface area (Å²) in [6, 6.07) is 6.95. The van der Waals surface area contributed by atoms with Crippen LogP contribution in [0.15, 0.2) is 24.3 Å². The number of rotatable bonds is 4. The zero-order valence-corrected chi connectivity index (χ0v) is 12.3. The predicted molar refractivity (Wildman–Crippen MR) is 59.6 cm³/mol. The maximum atomic E-state index is 11.3. The molecule has 0 spiro atoms. The minimum absolute atomic E-state index is 0. The van der Waals surface area contributed by atoms with Crippen molar-refractivity contribution in [3.05, 3.63) is 35.1 Å². The Kier molecular flexibility index (Phi) is 7.02. The number of hydrogen-bond acceptors (Lipinski definition) is 3. The topological polar surface area (TPSA) is 66.4 Å². The van der Waals surface area contributed by atoms with Crippen molar-refractivity contribution in [2.24, 2.45) is 0 Å². The Morgan fingerprint density at radius 2 is 2.00 bits per heavy atom. The summed E-state index contributed by atoms with van der Waals surface area (Å²) in [7, 11) is 2.97. The van der Waals surface area contributed by atoms with E-state index < -0.39 is 6.04 Å². The number of likely N-dealkylation sites (N-methyl/N-ethyl adjacent to an activating group) is 1. The van der Waals surface area contributed by atoms with Crippen LogP contribution in [0.4, 0.5) is 5.69 Å². The molecule has 0 aliphatic rings. The van der Waals surface area contributed by atoms with E-state index in [0.29, 0.717) is 12.1 Å². The molecule has 86 valence electrons. The molecular weight excluding hydrogens is 376 g/mol. The number of carbonyl (C=O) groups is 1. The van der Waals surface area contributed by atoms with Gasteiger partial charge < -0.3 is 15.8 Å². The van der Waals surface area contributed by atoms with E-state index in [1.54, 1.807) is 19.2 Å². The van der Waals surface area contributed by atoms with E-state index in [-0.39, 0.29) is 27.0 Å². The van der Waals surface area contributed by atoms with Gasteiger partial charge in [-0.05, 0) is 30.2 Å². The molecular formula is C11H15N2O2W+. The summed E-state index contributed by atoms with van der Waals surface area (Å²) in [5.74, 6) is -0.311. The van der Waals surface area contributed by atoms with Crippen LogP contribution in [0.2, 0.25) is 0 Å². The van der Waals surface area contributed by atoms with E-state index in [4.69, 9.17) is 5.73 Å². The minimum Gasteiger partial charge on any atom is -0.653 e. The summed E-state index contributed by atoms with van der Waals surface area (Å²) in [5, 5.41) is 3.97. The van der Waals surface area contributed by atoms with Gasteiger partial charge in [0.15, 0.2) is 0 Å². The van der Waals surface area contributed by atoms with Crippen LogP contribution in [0.25, 0.3) is 5.32 Å². The number of hydrogen-bond donors (Lipinski definition) is 1. The number of nitrogens with two attached hydrogens (primary N) is 1. The summed E-state index contributed by atoms with van der Waals surface area (Å²) in [5.41, 5.74) is 7.29. The molecule has 0 radical (unpaired) electrons. The molecule has 0 bridgehead atoms. The average molecular weight is 391 g/mol. The van der Waals surface area contributed by atoms with Crippen LogP contribution < -0.4 is 5.73 Å². The third-order valence-corrected chi connectivity index (χ3v) is 2.19. The fourth-order valence-electron chi connectivity index (χ4n) is 1.29. The smallest absolute Gasteiger partial charge is 0.653 e. The first-order valence-electron chi connectivity index (χ1n) is 4.68. The zero-order valence-electron chi connectivity index (χ0n) is 9.34. The predicted octanol–water partition coefficient (Wildman–Crippen LogP) is 1.35. The van der Waals surface area contributed by atoms with Crippen molar-refractivity contribution < 1.29 is 30.6 Å². The number of nitrogens with zero attached hydrogens (tertiary/aromatic N) is 1. The Morgan fingerprint density at radius 3 is 2.44 bits per heavy atom. The summed E-state index contributed by atoms with van der Waals surface area (Å²) in [4.78, 5) is 11.3. The van der Waals surface area contributed by atoms with E-state index >= 15 is 0 Å². The third kappa shape index (κ3) is 4.33. The van der Waals surface area contributed by atoms with Crippen molar-refractivity contribution in [3.63, 3.8) is 0 Å². The van der Waals surface area contributed by atoms with Crippen molar-refractivity contribution in [2.45, 2.75) is 12.5 Å². The second-order valence-corrected chi connectivity index (χ2v) is 3.24. The summed E-state index contributed by atoms with van der Waals surface area (Å²) >= 11 is 0. The van der Waals surface area contributed by atoms with Crippen LogP contribution in [0.3, 0.4) is 0 Å². The van der Waals surface area contributed by atoms with Gasteiger partial charge in [0.1, 0.15) is 0 Å². The van der Waals surface area contributed by atoms with Crippen molar-refractivity contribution in [1.29, 1.82) is 0 Å². The second kappa shape index (κ2) is 7.42. The van der Waals surface area contributed by atoms with Crippen LogP contribution in [-0.2, 0) is 37.0 Å². The van der Waals surface area contributed by atoms with Gasteiger partial charge >= 0.3 is 21.1 Å². The van der Waals surface area contributed by atoms with Crippen LogP contribution in [0.1, 0.15) is 5.56 Å². The van der Waals surface area contributed by atoms with Gasteiger partial charge in [0, 0.05) is 5.69 Å². The zero-order chi connectivity index (χ0) is 11.3. The van der Waals surface area contributed by atoms with Gasteiger partial charge in [0.05, 0.1) is 7.11 Å². The molecule has 1 atom stereocenters. The molecule has 1 aromatic carbocycles. The number of anilines is 1. The quantitative estimate of drug-likeness (QED) is 0.623. The molecule has 0 heterocycles. The summed E-state index contributed by atoms with van der Waals surface area (Å²) in [6.45, 7) is 0. The second-order valence-electron chi connectivity index (χ2n) is 3.24. The molecule has 1 unspecified atom stereocenters. The number of esters is 1. The van der Waals surface area contributed by atoms with Gasteiger partial charge in [-0.25, -0.2) is 0 Å². The van der Waals surface area contributed by atoms with Crippen molar-refractivity contribution >= 4 is 11.7 Å². The molecule has 1 aromatic rings. The number of methoxy groups -OCH3 is 1. The molecule has 0 aliphatic carbocycles. The van der Waals surface area contributed by atoms with Gasteiger partial charge in [0.25, 0.3) is 5.97 Å². The van der Waals surface area contributed by atoms with Gasteiger partial charge in [-0.3, -0.25) is 4.79 Å². The normalized spacial score (nSPS) is 11.4. The Bertz CT molecular complexity index is 327. The SMILES string of the molecule is C[N-]C(Cc1ccc(N)cc1)C(=O)OC.[W+2]. The average Bonchev–Trinajstić information content (AvgIpc) is 2.27. The number of benzene rings is 1.